The molecule has 1 heterocycles. The van der Waals surface area contributed by atoms with Crippen molar-refractivity contribution in [1.82, 2.24) is 4.98 Å². The quantitative estimate of drug-likeness (QED) is 0.668. The number of phenolic OH excluding ortho intramolecular Hbond substituents is 1. The van der Waals surface area contributed by atoms with Crippen molar-refractivity contribution >= 4 is 29.0 Å². The van der Waals surface area contributed by atoms with Gasteiger partial charge in [0.1, 0.15) is 5.82 Å². The fourth-order valence-electron chi connectivity index (χ4n) is 1.48. The SMILES string of the molecule is O=C(Nc1cc(Cl)ccn1)c1ccc([N+](=O)[O-])c(O)c1. The molecule has 102 valence electrons. The zero-order valence-electron chi connectivity index (χ0n) is 9.91. The van der Waals surface area contributed by atoms with Gasteiger partial charge in [-0.15, -0.1) is 0 Å². The predicted molar refractivity (Wildman–Crippen MR) is 72.0 cm³/mol. The molecule has 2 rings (SSSR count). The van der Waals surface area contributed by atoms with Crippen LogP contribution in [-0.2, 0) is 0 Å². The number of nitro groups is 1. The van der Waals surface area contributed by atoms with Gasteiger partial charge in [0.25, 0.3) is 5.91 Å². The van der Waals surface area contributed by atoms with Gasteiger partial charge >= 0.3 is 5.69 Å². The molecule has 0 aliphatic rings. The van der Waals surface area contributed by atoms with Crippen LogP contribution in [0.25, 0.3) is 0 Å². The van der Waals surface area contributed by atoms with Crippen LogP contribution in [0.1, 0.15) is 10.4 Å². The number of benzene rings is 1. The second-order valence-corrected chi connectivity index (χ2v) is 4.21. The lowest BCUT2D eigenvalue weighted by Crippen LogP contribution is -2.12. The highest BCUT2D eigenvalue weighted by Gasteiger charge is 2.16. The highest BCUT2D eigenvalue weighted by Crippen LogP contribution is 2.26. The standard InChI is InChI=1S/C12H8ClN3O4/c13-8-3-4-14-11(6-8)15-12(18)7-1-2-9(16(19)20)10(17)5-7/h1-6,17H,(H,14,15,18). The Balaban J connectivity index is 2.22. The fourth-order valence-corrected chi connectivity index (χ4v) is 1.64. The van der Waals surface area contributed by atoms with Crippen LogP contribution in [0.3, 0.4) is 0 Å². The van der Waals surface area contributed by atoms with E-state index >= 15 is 0 Å². The van der Waals surface area contributed by atoms with Crippen LogP contribution in [0.2, 0.25) is 5.02 Å². The van der Waals surface area contributed by atoms with Crippen molar-refractivity contribution in [2.75, 3.05) is 5.32 Å². The zero-order valence-corrected chi connectivity index (χ0v) is 10.7. The summed E-state index contributed by atoms with van der Waals surface area (Å²) in [6.07, 6.45) is 1.42. The molecule has 0 bridgehead atoms. The smallest absolute Gasteiger partial charge is 0.310 e. The van der Waals surface area contributed by atoms with Gasteiger partial charge in [-0.1, -0.05) is 11.6 Å². The minimum Gasteiger partial charge on any atom is -0.502 e. The summed E-state index contributed by atoms with van der Waals surface area (Å²) in [6.45, 7) is 0. The van der Waals surface area contributed by atoms with Gasteiger partial charge in [-0.05, 0) is 24.3 Å². The number of nitrogens with zero attached hydrogens (tertiary/aromatic N) is 2. The van der Waals surface area contributed by atoms with Gasteiger partial charge in [0.15, 0.2) is 5.75 Å². The summed E-state index contributed by atoms with van der Waals surface area (Å²) in [6, 6.07) is 6.30. The van der Waals surface area contributed by atoms with E-state index in [-0.39, 0.29) is 11.4 Å². The van der Waals surface area contributed by atoms with Crippen LogP contribution in [0.15, 0.2) is 36.5 Å². The topological polar surface area (TPSA) is 105 Å². The number of pyridine rings is 1. The number of anilines is 1. The Hall–Kier alpha value is -2.67. The van der Waals surface area contributed by atoms with Gasteiger partial charge in [0.05, 0.1) is 4.92 Å². The summed E-state index contributed by atoms with van der Waals surface area (Å²) in [4.78, 5) is 25.6. The number of halogens is 1. The Bertz CT molecular complexity index is 690. The normalized spacial score (nSPS) is 10.1. The summed E-state index contributed by atoms with van der Waals surface area (Å²) in [5.41, 5.74) is -0.405. The molecule has 1 aromatic carbocycles. The van der Waals surface area contributed by atoms with Crippen molar-refractivity contribution < 1.29 is 14.8 Å². The summed E-state index contributed by atoms with van der Waals surface area (Å²) < 4.78 is 0. The molecule has 0 saturated carbocycles. The van der Waals surface area contributed by atoms with E-state index in [9.17, 15) is 20.0 Å². The lowest BCUT2D eigenvalue weighted by atomic mass is 10.2. The van der Waals surface area contributed by atoms with Gasteiger partial charge in [0, 0.05) is 22.8 Å². The van der Waals surface area contributed by atoms with Crippen molar-refractivity contribution in [3.05, 3.63) is 57.2 Å². The van der Waals surface area contributed by atoms with E-state index in [0.29, 0.717) is 5.02 Å². The van der Waals surface area contributed by atoms with Gasteiger partial charge in [0.2, 0.25) is 0 Å². The van der Waals surface area contributed by atoms with Crippen molar-refractivity contribution in [2.24, 2.45) is 0 Å². The Labute approximate surface area is 118 Å². The number of amides is 1. The minimum atomic E-state index is -0.741. The number of nitro benzene ring substituents is 1. The summed E-state index contributed by atoms with van der Waals surface area (Å²) in [7, 11) is 0. The average Bonchev–Trinajstić information content (AvgIpc) is 2.38. The number of aromatic nitrogens is 1. The molecule has 0 aliphatic carbocycles. The molecule has 0 unspecified atom stereocenters. The van der Waals surface area contributed by atoms with E-state index in [2.05, 4.69) is 10.3 Å². The molecule has 7 nitrogen and oxygen atoms in total. The monoisotopic (exact) mass is 293 g/mol. The molecular formula is C12H8ClN3O4. The first-order valence-corrected chi connectivity index (χ1v) is 5.75. The third-order valence-corrected chi connectivity index (χ3v) is 2.63. The largest absolute Gasteiger partial charge is 0.502 e. The van der Waals surface area contributed by atoms with Crippen LogP contribution in [0, 0.1) is 10.1 Å². The predicted octanol–water partition coefficient (Wildman–Crippen LogP) is 2.60. The van der Waals surface area contributed by atoms with Gasteiger partial charge < -0.3 is 10.4 Å². The Morgan fingerprint density at radius 2 is 2.10 bits per heavy atom. The second kappa shape index (κ2) is 5.54. The lowest BCUT2D eigenvalue weighted by Gasteiger charge is -2.05. The minimum absolute atomic E-state index is 0.0647. The first-order valence-electron chi connectivity index (χ1n) is 5.37. The third-order valence-electron chi connectivity index (χ3n) is 2.40. The summed E-state index contributed by atoms with van der Waals surface area (Å²) >= 11 is 5.75. The maximum absolute atomic E-state index is 11.9. The molecule has 0 spiro atoms. The number of hydrogen-bond acceptors (Lipinski definition) is 5. The third kappa shape index (κ3) is 3.01. The van der Waals surface area contributed by atoms with Crippen molar-refractivity contribution in [1.29, 1.82) is 0 Å². The first-order chi connectivity index (χ1) is 9.47. The number of phenols is 1. The van der Waals surface area contributed by atoms with Gasteiger partial charge in [-0.25, -0.2) is 4.98 Å². The molecule has 0 atom stereocenters. The van der Waals surface area contributed by atoms with Crippen molar-refractivity contribution in [3.63, 3.8) is 0 Å². The van der Waals surface area contributed by atoms with E-state index in [0.717, 1.165) is 12.1 Å². The van der Waals surface area contributed by atoms with E-state index < -0.39 is 22.3 Å². The first kappa shape index (κ1) is 13.8. The van der Waals surface area contributed by atoms with Crippen LogP contribution >= 0.6 is 11.6 Å². The molecule has 1 aromatic heterocycles. The number of carbonyl (C=O) groups excluding carboxylic acids is 1. The van der Waals surface area contributed by atoms with E-state index in [1.165, 1.54) is 18.3 Å². The Morgan fingerprint density at radius 3 is 2.70 bits per heavy atom. The average molecular weight is 294 g/mol. The van der Waals surface area contributed by atoms with Crippen molar-refractivity contribution in [3.8, 4) is 5.75 Å². The second-order valence-electron chi connectivity index (χ2n) is 3.77. The van der Waals surface area contributed by atoms with E-state index in [1.54, 1.807) is 6.07 Å². The van der Waals surface area contributed by atoms with E-state index in [1.807, 2.05) is 0 Å². The molecule has 20 heavy (non-hydrogen) atoms. The highest BCUT2D eigenvalue weighted by atomic mass is 35.5. The molecule has 0 fully saturated rings. The number of aromatic hydroxyl groups is 1. The molecule has 8 heteroatoms. The van der Waals surface area contributed by atoms with Crippen LogP contribution in [0.4, 0.5) is 11.5 Å². The molecule has 2 aromatic rings. The Morgan fingerprint density at radius 1 is 1.35 bits per heavy atom. The number of nitrogens with one attached hydrogen (secondary N) is 1. The molecular weight excluding hydrogens is 286 g/mol. The highest BCUT2D eigenvalue weighted by molar-refractivity contribution is 6.30. The lowest BCUT2D eigenvalue weighted by molar-refractivity contribution is -0.385. The number of hydrogen-bond donors (Lipinski definition) is 2. The zero-order chi connectivity index (χ0) is 14.7. The Kier molecular flexibility index (Phi) is 3.81. The number of carbonyl (C=O) groups is 1. The molecule has 0 aliphatic heterocycles. The molecule has 1 amide bonds. The summed E-state index contributed by atoms with van der Waals surface area (Å²) in [5, 5.41) is 22.9. The van der Waals surface area contributed by atoms with Crippen LogP contribution < -0.4 is 5.32 Å². The molecule has 0 radical (unpaired) electrons. The van der Waals surface area contributed by atoms with Gasteiger partial charge in [-0.3, -0.25) is 14.9 Å². The maximum Gasteiger partial charge on any atom is 0.310 e. The maximum atomic E-state index is 11.9. The van der Waals surface area contributed by atoms with Gasteiger partial charge in [-0.2, -0.15) is 0 Å². The van der Waals surface area contributed by atoms with E-state index in [4.69, 9.17) is 11.6 Å². The number of rotatable bonds is 3. The molecule has 2 N–H and O–H groups in total. The molecule has 0 saturated heterocycles. The summed E-state index contributed by atoms with van der Waals surface area (Å²) in [5.74, 6) is -0.910. The van der Waals surface area contributed by atoms with Crippen molar-refractivity contribution in [2.45, 2.75) is 0 Å². The van der Waals surface area contributed by atoms with Crippen LogP contribution in [0.5, 0.6) is 5.75 Å². The fraction of sp³-hybridized carbons (Fsp3) is 0. The van der Waals surface area contributed by atoms with Crippen LogP contribution in [-0.4, -0.2) is 20.9 Å².